The van der Waals surface area contributed by atoms with Crippen LogP contribution in [-0.2, 0) is 0 Å². The molecule has 0 aliphatic rings. The third kappa shape index (κ3) is 2.48. The zero-order valence-corrected chi connectivity index (χ0v) is 11.0. The van der Waals surface area contributed by atoms with Gasteiger partial charge in [-0.25, -0.2) is 0 Å². The number of hydrogen-bond acceptors (Lipinski definition) is 4. The van der Waals surface area contributed by atoms with Gasteiger partial charge in [0.2, 0.25) is 0 Å². The van der Waals surface area contributed by atoms with Crippen molar-refractivity contribution in [2.45, 2.75) is 13.0 Å². The van der Waals surface area contributed by atoms with Crippen LogP contribution in [0.5, 0.6) is 5.75 Å². The van der Waals surface area contributed by atoms with Gasteiger partial charge >= 0.3 is 0 Å². The van der Waals surface area contributed by atoms with Crippen molar-refractivity contribution in [3.63, 3.8) is 0 Å². The van der Waals surface area contributed by atoms with E-state index in [9.17, 15) is 0 Å². The molecule has 2 aromatic rings. The molecule has 0 aromatic carbocycles. The maximum atomic E-state index is 5.22. The smallest absolute Gasteiger partial charge is 0.129 e. The SMILES string of the molecule is CNC(c1cc(OC)cs1)c1cnccc1C. The summed E-state index contributed by atoms with van der Waals surface area (Å²) in [6, 6.07) is 4.28. The first-order valence-corrected chi connectivity index (χ1v) is 6.34. The predicted octanol–water partition coefficient (Wildman–Crippen LogP) is 2.77. The Hall–Kier alpha value is -1.39. The van der Waals surface area contributed by atoms with Gasteiger partial charge in [-0.05, 0) is 37.2 Å². The average molecular weight is 248 g/mol. The van der Waals surface area contributed by atoms with Gasteiger partial charge in [0.05, 0.1) is 13.2 Å². The minimum absolute atomic E-state index is 0.178. The van der Waals surface area contributed by atoms with E-state index in [-0.39, 0.29) is 6.04 Å². The molecule has 0 fully saturated rings. The minimum atomic E-state index is 0.178. The number of hydrogen-bond donors (Lipinski definition) is 1. The number of pyridine rings is 1. The van der Waals surface area contributed by atoms with Gasteiger partial charge in [0.1, 0.15) is 5.75 Å². The molecule has 90 valence electrons. The zero-order valence-electron chi connectivity index (χ0n) is 10.2. The molecular weight excluding hydrogens is 232 g/mol. The first-order chi connectivity index (χ1) is 8.26. The summed E-state index contributed by atoms with van der Waals surface area (Å²) in [6.07, 6.45) is 3.74. The molecule has 0 aliphatic carbocycles. The number of ether oxygens (including phenoxy) is 1. The maximum Gasteiger partial charge on any atom is 0.129 e. The molecule has 0 bridgehead atoms. The van der Waals surface area contributed by atoms with Crippen LogP contribution in [-0.4, -0.2) is 19.1 Å². The summed E-state index contributed by atoms with van der Waals surface area (Å²) in [5, 5.41) is 5.35. The van der Waals surface area contributed by atoms with Gasteiger partial charge < -0.3 is 10.1 Å². The Morgan fingerprint density at radius 3 is 2.88 bits per heavy atom. The molecule has 0 amide bonds. The Balaban J connectivity index is 2.36. The van der Waals surface area contributed by atoms with Gasteiger partial charge in [-0.2, -0.15) is 0 Å². The normalized spacial score (nSPS) is 12.4. The first kappa shape index (κ1) is 12.1. The first-order valence-electron chi connectivity index (χ1n) is 5.46. The Labute approximate surface area is 105 Å². The van der Waals surface area contributed by atoms with Crippen LogP contribution in [0.2, 0.25) is 0 Å². The lowest BCUT2D eigenvalue weighted by atomic mass is 10.0. The molecule has 0 spiro atoms. The average Bonchev–Trinajstić information content (AvgIpc) is 2.81. The summed E-state index contributed by atoms with van der Waals surface area (Å²) in [5.41, 5.74) is 2.45. The van der Waals surface area contributed by atoms with Gasteiger partial charge in [-0.3, -0.25) is 4.98 Å². The Morgan fingerprint density at radius 2 is 2.29 bits per heavy atom. The Bertz CT molecular complexity index is 496. The summed E-state index contributed by atoms with van der Waals surface area (Å²) in [7, 11) is 3.65. The second-order valence-electron chi connectivity index (χ2n) is 3.84. The number of methoxy groups -OCH3 is 1. The number of aryl methyl sites for hydroxylation is 1. The second-order valence-corrected chi connectivity index (χ2v) is 4.79. The number of thiophene rings is 1. The van der Waals surface area contributed by atoms with Crippen molar-refractivity contribution in [2.24, 2.45) is 0 Å². The van der Waals surface area contributed by atoms with Gasteiger partial charge in [0, 0.05) is 22.7 Å². The van der Waals surface area contributed by atoms with E-state index >= 15 is 0 Å². The maximum absolute atomic E-state index is 5.22. The molecule has 17 heavy (non-hydrogen) atoms. The molecule has 0 aliphatic heterocycles. The summed E-state index contributed by atoms with van der Waals surface area (Å²) in [4.78, 5) is 5.44. The van der Waals surface area contributed by atoms with Crippen molar-refractivity contribution in [3.05, 3.63) is 45.9 Å². The molecule has 0 radical (unpaired) electrons. The van der Waals surface area contributed by atoms with Crippen molar-refractivity contribution >= 4 is 11.3 Å². The third-order valence-corrected chi connectivity index (χ3v) is 3.77. The molecule has 2 aromatic heterocycles. The van der Waals surface area contributed by atoms with Crippen LogP contribution < -0.4 is 10.1 Å². The molecule has 0 saturated heterocycles. The molecule has 2 heterocycles. The highest BCUT2D eigenvalue weighted by Crippen LogP contribution is 2.31. The minimum Gasteiger partial charge on any atom is -0.496 e. The van der Waals surface area contributed by atoms with Crippen LogP contribution >= 0.6 is 11.3 Å². The van der Waals surface area contributed by atoms with E-state index in [1.807, 2.05) is 30.9 Å². The fourth-order valence-electron chi connectivity index (χ4n) is 1.82. The van der Waals surface area contributed by atoms with E-state index in [0.29, 0.717) is 0 Å². The van der Waals surface area contributed by atoms with Crippen molar-refractivity contribution in [2.75, 3.05) is 14.2 Å². The van der Waals surface area contributed by atoms with Crippen LogP contribution in [0.15, 0.2) is 29.9 Å². The van der Waals surface area contributed by atoms with E-state index in [0.717, 1.165) is 5.75 Å². The molecular formula is C13H16N2OS. The molecule has 2 rings (SSSR count). The summed E-state index contributed by atoms with van der Waals surface area (Å²) in [5.74, 6) is 0.909. The number of aromatic nitrogens is 1. The second kappa shape index (κ2) is 5.29. The van der Waals surface area contributed by atoms with Gasteiger partial charge in [-0.15, -0.1) is 11.3 Å². The van der Waals surface area contributed by atoms with Crippen molar-refractivity contribution in [3.8, 4) is 5.75 Å². The summed E-state index contributed by atoms with van der Waals surface area (Å²) >= 11 is 1.70. The molecule has 4 heteroatoms. The lowest BCUT2D eigenvalue weighted by molar-refractivity contribution is 0.416. The van der Waals surface area contributed by atoms with Gasteiger partial charge in [-0.1, -0.05) is 0 Å². The highest BCUT2D eigenvalue weighted by molar-refractivity contribution is 7.10. The van der Waals surface area contributed by atoms with Crippen LogP contribution in [0.4, 0.5) is 0 Å². The van der Waals surface area contributed by atoms with E-state index in [1.165, 1.54) is 16.0 Å². The lowest BCUT2D eigenvalue weighted by Gasteiger charge is -2.16. The fraction of sp³-hybridized carbons (Fsp3) is 0.308. The largest absolute Gasteiger partial charge is 0.496 e. The highest BCUT2D eigenvalue weighted by atomic mass is 32.1. The molecule has 1 N–H and O–H groups in total. The lowest BCUT2D eigenvalue weighted by Crippen LogP contribution is -2.17. The topological polar surface area (TPSA) is 34.1 Å². The van der Waals surface area contributed by atoms with Crippen molar-refractivity contribution in [1.29, 1.82) is 0 Å². The summed E-state index contributed by atoms with van der Waals surface area (Å²) < 4.78 is 5.22. The van der Waals surface area contributed by atoms with E-state index in [2.05, 4.69) is 23.3 Å². The fourth-order valence-corrected chi connectivity index (χ4v) is 2.80. The quantitative estimate of drug-likeness (QED) is 0.903. The van der Waals surface area contributed by atoms with E-state index < -0.39 is 0 Å². The summed E-state index contributed by atoms with van der Waals surface area (Å²) in [6.45, 7) is 2.10. The van der Waals surface area contributed by atoms with Crippen molar-refractivity contribution < 1.29 is 4.74 Å². The van der Waals surface area contributed by atoms with E-state index in [4.69, 9.17) is 4.74 Å². The molecule has 3 nitrogen and oxygen atoms in total. The number of nitrogens with zero attached hydrogens (tertiary/aromatic N) is 1. The Kier molecular flexibility index (Phi) is 3.76. The predicted molar refractivity (Wildman–Crippen MR) is 70.7 cm³/mol. The van der Waals surface area contributed by atoms with Crippen LogP contribution in [0.25, 0.3) is 0 Å². The van der Waals surface area contributed by atoms with Crippen LogP contribution in [0.1, 0.15) is 22.0 Å². The molecule has 1 unspecified atom stereocenters. The van der Waals surface area contributed by atoms with Crippen molar-refractivity contribution in [1.82, 2.24) is 10.3 Å². The monoisotopic (exact) mass is 248 g/mol. The van der Waals surface area contributed by atoms with E-state index in [1.54, 1.807) is 18.4 Å². The van der Waals surface area contributed by atoms with Gasteiger partial charge in [0.25, 0.3) is 0 Å². The zero-order chi connectivity index (χ0) is 12.3. The number of rotatable bonds is 4. The Morgan fingerprint density at radius 1 is 1.47 bits per heavy atom. The van der Waals surface area contributed by atoms with Crippen LogP contribution in [0, 0.1) is 6.92 Å². The standard InChI is InChI=1S/C13H16N2OS/c1-9-4-5-15-7-11(9)13(14-2)12-6-10(16-3)8-17-12/h4-8,13-14H,1-3H3. The molecule has 1 atom stereocenters. The highest BCUT2D eigenvalue weighted by Gasteiger charge is 2.16. The van der Waals surface area contributed by atoms with Gasteiger partial charge in [0.15, 0.2) is 0 Å². The molecule has 0 saturated carbocycles. The third-order valence-electron chi connectivity index (χ3n) is 2.80. The van der Waals surface area contributed by atoms with Crippen LogP contribution in [0.3, 0.4) is 0 Å². The number of nitrogens with one attached hydrogen (secondary N) is 1.